The molecule has 3 unspecified atom stereocenters. The van der Waals surface area contributed by atoms with Crippen molar-refractivity contribution in [2.75, 3.05) is 6.54 Å². The summed E-state index contributed by atoms with van der Waals surface area (Å²) in [5.74, 6) is 1.68. The molecular formula is C15H31N. The Kier molecular flexibility index (Phi) is 5.30. The molecule has 1 saturated carbocycles. The summed E-state index contributed by atoms with van der Waals surface area (Å²) in [5, 5.41) is 3.76. The summed E-state index contributed by atoms with van der Waals surface area (Å²) in [7, 11) is 0. The first-order valence-corrected chi connectivity index (χ1v) is 7.26. The fourth-order valence-corrected chi connectivity index (χ4v) is 3.42. The average molecular weight is 225 g/mol. The van der Waals surface area contributed by atoms with Crippen LogP contribution in [0.3, 0.4) is 0 Å². The van der Waals surface area contributed by atoms with Crippen LogP contribution < -0.4 is 5.32 Å². The molecule has 0 spiro atoms. The van der Waals surface area contributed by atoms with Gasteiger partial charge in [-0.15, -0.1) is 0 Å². The Morgan fingerprint density at radius 2 is 1.94 bits per heavy atom. The standard InChI is InChI=1S/C15H31N/c1-6-12(3)14(16-7-2)13-10-8-9-11-15(13,4)5/h12-14,16H,6-11H2,1-5H3. The topological polar surface area (TPSA) is 12.0 Å². The van der Waals surface area contributed by atoms with E-state index in [1.165, 1.54) is 32.1 Å². The van der Waals surface area contributed by atoms with Crippen LogP contribution in [0.1, 0.15) is 66.7 Å². The SMILES string of the molecule is CCNC(C(C)CC)C1CCCCC1(C)C. The molecule has 1 nitrogen and oxygen atoms in total. The highest BCUT2D eigenvalue weighted by molar-refractivity contribution is 4.92. The van der Waals surface area contributed by atoms with Crippen molar-refractivity contribution in [3.63, 3.8) is 0 Å². The molecule has 96 valence electrons. The molecule has 0 heterocycles. The van der Waals surface area contributed by atoms with Crippen molar-refractivity contribution in [2.45, 2.75) is 72.8 Å². The third-order valence-corrected chi connectivity index (χ3v) is 4.72. The van der Waals surface area contributed by atoms with Gasteiger partial charge in [-0.1, -0.05) is 53.9 Å². The molecule has 0 amide bonds. The fourth-order valence-electron chi connectivity index (χ4n) is 3.42. The van der Waals surface area contributed by atoms with Crippen molar-refractivity contribution in [2.24, 2.45) is 17.3 Å². The van der Waals surface area contributed by atoms with E-state index in [2.05, 4.69) is 39.9 Å². The van der Waals surface area contributed by atoms with Gasteiger partial charge >= 0.3 is 0 Å². The molecule has 1 aliphatic carbocycles. The van der Waals surface area contributed by atoms with Crippen LogP contribution in [0.5, 0.6) is 0 Å². The molecule has 16 heavy (non-hydrogen) atoms. The van der Waals surface area contributed by atoms with Crippen LogP contribution in [-0.2, 0) is 0 Å². The van der Waals surface area contributed by atoms with Crippen LogP contribution in [0.15, 0.2) is 0 Å². The maximum atomic E-state index is 3.76. The van der Waals surface area contributed by atoms with Gasteiger partial charge in [0.05, 0.1) is 0 Å². The zero-order valence-corrected chi connectivity index (χ0v) is 12.0. The van der Waals surface area contributed by atoms with Gasteiger partial charge in [-0.25, -0.2) is 0 Å². The normalized spacial score (nSPS) is 28.7. The molecule has 0 saturated heterocycles. The van der Waals surface area contributed by atoms with Crippen molar-refractivity contribution >= 4 is 0 Å². The average Bonchev–Trinajstić information content (AvgIpc) is 2.25. The number of hydrogen-bond acceptors (Lipinski definition) is 1. The number of hydrogen-bond donors (Lipinski definition) is 1. The van der Waals surface area contributed by atoms with Crippen LogP contribution in [0.2, 0.25) is 0 Å². The maximum absolute atomic E-state index is 3.76. The Labute approximate surface area is 102 Å². The second-order valence-electron chi connectivity index (χ2n) is 6.31. The Bertz CT molecular complexity index is 198. The monoisotopic (exact) mass is 225 g/mol. The van der Waals surface area contributed by atoms with Crippen LogP contribution in [-0.4, -0.2) is 12.6 Å². The molecule has 1 fully saturated rings. The first-order chi connectivity index (χ1) is 7.53. The van der Waals surface area contributed by atoms with Crippen molar-refractivity contribution in [3.05, 3.63) is 0 Å². The molecule has 0 aromatic heterocycles. The Morgan fingerprint density at radius 3 is 2.44 bits per heavy atom. The smallest absolute Gasteiger partial charge is 0.0126 e. The molecule has 0 aromatic carbocycles. The van der Waals surface area contributed by atoms with Crippen molar-refractivity contribution in [1.29, 1.82) is 0 Å². The first-order valence-electron chi connectivity index (χ1n) is 7.26. The quantitative estimate of drug-likeness (QED) is 0.738. The molecule has 0 radical (unpaired) electrons. The van der Waals surface area contributed by atoms with Crippen LogP contribution >= 0.6 is 0 Å². The molecule has 1 aliphatic rings. The predicted octanol–water partition coefficient (Wildman–Crippen LogP) is 4.23. The van der Waals surface area contributed by atoms with Gasteiger partial charge in [-0.3, -0.25) is 0 Å². The maximum Gasteiger partial charge on any atom is 0.0126 e. The number of nitrogens with one attached hydrogen (secondary N) is 1. The summed E-state index contributed by atoms with van der Waals surface area (Å²) in [4.78, 5) is 0. The molecule has 0 bridgehead atoms. The van der Waals surface area contributed by atoms with Gasteiger partial charge in [-0.05, 0) is 36.6 Å². The lowest BCUT2D eigenvalue weighted by molar-refractivity contribution is 0.0763. The van der Waals surface area contributed by atoms with Gasteiger partial charge in [0.15, 0.2) is 0 Å². The molecule has 1 N–H and O–H groups in total. The summed E-state index contributed by atoms with van der Waals surface area (Å²) >= 11 is 0. The highest BCUT2D eigenvalue weighted by atomic mass is 14.9. The van der Waals surface area contributed by atoms with Gasteiger partial charge in [0, 0.05) is 6.04 Å². The van der Waals surface area contributed by atoms with Crippen LogP contribution in [0.25, 0.3) is 0 Å². The summed E-state index contributed by atoms with van der Waals surface area (Å²) < 4.78 is 0. The summed E-state index contributed by atoms with van der Waals surface area (Å²) in [5.41, 5.74) is 0.536. The Balaban J connectivity index is 2.74. The summed E-state index contributed by atoms with van der Waals surface area (Å²) in [6, 6.07) is 0.727. The third kappa shape index (κ3) is 3.23. The minimum atomic E-state index is 0.536. The first kappa shape index (κ1) is 14.0. The summed E-state index contributed by atoms with van der Waals surface area (Å²) in [6.45, 7) is 13.0. The molecule has 1 heteroatoms. The Hall–Kier alpha value is -0.0400. The second kappa shape index (κ2) is 6.05. The highest BCUT2D eigenvalue weighted by Crippen LogP contribution is 2.44. The van der Waals surface area contributed by atoms with Gasteiger partial charge in [0.1, 0.15) is 0 Å². The molecule has 0 aromatic rings. The minimum absolute atomic E-state index is 0.536. The zero-order chi connectivity index (χ0) is 12.2. The molecule has 1 rings (SSSR count). The van der Waals surface area contributed by atoms with E-state index >= 15 is 0 Å². The van der Waals surface area contributed by atoms with Crippen molar-refractivity contribution in [1.82, 2.24) is 5.32 Å². The van der Waals surface area contributed by atoms with E-state index in [9.17, 15) is 0 Å². The van der Waals surface area contributed by atoms with Gasteiger partial charge in [0.25, 0.3) is 0 Å². The van der Waals surface area contributed by atoms with E-state index in [1.54, 1.807) is 0 Å². The van der Waals surface area contributed by atoms with Crippen molar-refractivity contribution in [3.8, 4) is 0 Å². The second-order valence-corrected chi connectivity index (χ2v) is 6.31. The minimum Gasteiger partial charge on any atom is -0.314 e. The lowest BCUT2D eigenvalue weighted by atomic mass is 9.63. The summed E-state index contributed by atoms with van der Waals surface area (Å²) in [6.07, 6.45) is 7.00. The van der Waals surface area contributed by atoms with Crippen molar-refractivity contribution < 1.29 is 0 Å². The van der Waals surface area contributed by atoms with Crippen LogP contribution in [0, 0.1) is 17.3 Å². The van der Waals surface area contributed by atoms with E-state index in [-0.39, 0.29) is 0 Å². The molecular weight excluding hydrogens is 194 g/mol. The van der Waals surface area contributed by atoms with E-state index < -0.39 is 0 Å². The fraction of sp³-hybridized carbons (Fsp3) is 1.00. The number of rotatable bonds is 5. The molecule has 0 aliphatic heterocycles. The van der Waals surface area contributed by atoms with E-state index in [4.69, 9.17) is 0 Å². The Morgan fingerprint density at radius 1 is 1.25 bits per heavy atom. The largest absolute Gasteiger partial charge is 0.314 e. The lowest BCUT2D eigenvalue weighted by Crippen LogP contribution is -2.48. The third-order valence-electron chi connectivity index (χ3n) is 4.72. The zero-order valence-electron chi connectivity index (χ0n) is 12.0. The van der Waals surface area contributed by atoms with E-state index in [1.807, 2.05) is 0 Å². The van der Waals surface area contributed by atoms with E-state index in [0.29, 0.717) is 5.41 Å². The molecule has 3 atom stereocenters. The van der Waals surface area contributed by atoms with Gasteiger partial charge < -0.3 is 5.32 Å². The predicted molar refractivity (Wildman–Crippen MR) is 72.7 cm³/mol. The van der Waals surface area contributed by atoms with Crippen LogP contribution in [0.4, 0.5) is 0 Å². The van der Waals surface area contributed by atoms with Gasteiger partial charge in [0.2, 0.25) is 0 Å². The lowest BCUT2D eigenvalue weighted by Gasteiger charge is -2.45. The highest BCUT2D eigenvalue weighted by Gasteiger charge is 2.38. The van der Waals surface area contributed by atoms with Gasteiger partial charge in [-0.2, -0.15) is 0 Å². The van der Waals surface area contributed by atoms with E-state index in [0.717, 1.165) is 24.4 Å².